The van der Waals surface area contributed by atoms with E-state index in [9.17, 15) is 13.2 Å². The van der Waals surface area contributed by atoms with Crippen LogP contribution in [0.3, 0.4) is 0 Å². The zero-order chi connectivity index (χ0) is 24.0. The molecule has 2 aromatic rings. The molecule has 33 heavy (non-hydrogen) atoms. The Morgan fingerprint density at radius 1 is 1.03 bits per heavy atom. The molecule has 3 rings (SSSR count). The molecule has 180 valence electrons. The Kier molecular flexibility index (Phi) is 8.34. The Balaban J connectivity index is 1.62. The molecule has 8 nitrogen and oxygen atoms in total. The van der Waals surface area contributed by atoms with Crippen LogP contribution in [0.5, 0.6) is 11.5 Å². The summed E-state index contributed by atoms with van der Waals surface area (Å²) in [7, 11) is -0.854. The van der Waals surface area contributed by atoms with Crippen LogP contribution in [-0.2, 0) is 21.4 Å². The molecule has 0 bridgehead atoms. The summed E-state index contributed by atoms with van der Waals surface area (Å²) < 4.78 is 38.3. The predicted molar refractivity (Wildman–Crippen MR) is 127 cm³/mol. The first-order valence-electron chi connectivity index (χ1n) is 11.1. The van der Waals surface area contributed by atoms with Crippen molar-refractivity contribution in [3.63, 3.8) is 0 Å². The Hall–Kier alpha value is -2.62. The van der Waals surface area contributed by atoms with Gasteiger partial charge < -0.3 is 14.4 Å². The smallest absolute Gasteiger partial charge is 0.247 e. The average Bonchev–Trinajstić information content (AvgIpc) is 2.83. The van der Waals surface area contributed by atoms with E-state index in [0.717, 1.165) is 6.54 Å². The van der Waals surface area contributed by atoms with Crippen LogP contribution >= 0.6 is 0 Å². The maximum absolute atomic E-state index is 13.2. The largest absolute Gasteiger partial charge is 0.497 e. The van der Waals surface area contributed by atoms with Gasteiger partial charge in [-0.25, -0.2) is 8.42 Å². The number of ether oxygens (including phenoxy) is 2. The molecule has 2 aromatic carbocycles. The minimum absolute atomic E-state index is 0.0144. The molecule has 1 fully saturated rings. The molecule has 0 radical (unpaired) electrons. The van der Waals surface area contributed by atoms with Crippen LogP contribution in [0.4, 0.5) is 0 Å². The Labute approximate surface area is 196 Å². The lowest BCUT2D eigenvalue weighted by atomic mass is 10.1. The van der Waals surface area contributed by atoms with Gasteiger partial charge in [0.25, 0.3) is 0 Å². The summed E-state index contributed by atoms with van der Waals surface area (Å²) in [5.41, 5.74) is 2.37. The summed E-state index contributed by atoms with van der Waals surface area (Å²) in [6, 6.07) is 13.0. The second-order valence-electron chi connectivity index (χ2n) is 8.09. The second kappa shape index (κ2) is 11.0. The third kappa shape index (κ3) is 6.04. The number of benzene rings is 2. The summed E-state index contributed by atoms with van der Waals surface area (Å²) in [6.07, 6.45) is 0. The van der Waals surface area contributed by atoms with E-state index in [4.69, 9.17) is 9.47 Å². The van der Waals surface area contributed by atoms with Gasteiger partial charge in [-0.3, -0.25) is 9.69 Å². The minimum atomic E-state index is -3.78. The van der Waals surface area contributed by atoms with Gasteiger partial charge >= 0.3 is 0 Å². The zero-order valence-electron chi connectivity index (χ0n) is 19.8. The number of aryl methyl sites for hydroxylation is 1. The summed E-state index contributed by atoms with van der Waals surface area (Å²) in [5, 5.41) is 0. The number of carbonyl (C=O) groups excluding carboxylic acids is 1. The lowest BCUT2D eigenvalue weighted by Crippen LogP contribution is -2.52. The molecule has 1 heterocycles. The Bertz CT molecular complexity index is 1070. The molecule has 1 aliphatic heterocycles. The van der Waals surface area contributed by atoms with Gasteiger partial charge in [0.2, 0.25) is 15.9 Å². The van der Waals surface area contributed by atoms with Crippen molar-refractivity contribution < 1.29 is 22.7 Å². The molecule has 0 saturated carbocycles. The molecule has 0 N–H and O–H groups in total. The molecule has 1 amide bonds. The quantitative estimate of drug-likeness (QED) is 0.554. The van der Waals surface area contributed by atoms with Crippen molar-refractivity contribution in [1.29, 1.82) is 0 Å². The number of methoxy groups -OCH3 is 2. The Morgan fingerprint density at radius 3 is 2.36 bits per heavy atom. The first kappa shape index (κ1) is 25.0. The SMILES string of the molecule is CCN(CC(=O)N1CCN(S(=O)(=O)c2cc(OC)ccc2OC)CC1)Cc1cccc(C)c1. The fraction of sp³-hybridized carbons (Fsp3) is 0.458. The third-order valence-corrected chi connectivity index (χ3v) is 7.79. The van der Waals surface area contributed by atoms with Crippen LogP contribution in [0.15, 0.2) is 47.4 Å². The Morgan fingerprint density at radius 2 is 1.76 bits per heavy atom. The highest BCUT2D eigenvalue weighted by Gasteiger charge is 2.32. The number of rotatable bonds is 9. The van der Waals surface area contributed by atoms with E-state index in [1.807, 2.05) is 13.0 Å². The standard InChI is InChI=1S/C24H33N3O5S/c1-5-25(17-20-8-6-7-19(2)15-20)18-24(28)26-11-13-27(14-12-26)33(29,30)23-16-21(31-3)9-10-22(23)32-4/h6-10,15-16H,5,11-14,17-18H2,1-4H3. The number of likely N-dealkylation sites (N-methyl/N-ethyl adjacent to an activating group) is 1. The van der Waals surface area contributed by atoms with Crippen LogP contribution < -0.4 is 9.47 Å². The van der Waals surface area contributed by atoms with E-state index >= 15 is 0 Å². The van der Waals surface area contributed by atoms with Crippen molar-refractivity contribution in [3.05, 3.63) is 53.6 Å². The fourth-order valence-corrected chi connectivity index (χ4v) is 5.53. The van der Waals surface area contributed by atoms with Crippen molar-refractivity contribution in [2.45, 2.75) is 25.3 Å². The zero-order valence-corrected chi connectivity index (χ0v) is 20.6. The van der Waals surface area contributed by atoms with Crippen LogP contribution in [0.25, 0.3) is 0 Å². The molecule has 0 atom stereocenters. The molecule has 0 spiro atoms. The molecule has 0 aliphatic carbocycles. The minimum Gasteiger partial charge on any atom is -0.497 e. The van der Waals surface area contributed by atoms with E-state index in [1.165, 1.54) is 35.7 Å². The van der Waals surface area contributed by atoms with Crippen LogP contribution in [-0.4, -0.2) is 81.9 Å². The van der Waals surface area contributed by atoms with E-state index in [0.29, 0.717) is 31.9 Å². The van der Waals surface area contributed by atoms with E-state index in [1.54, 1.807) is 17.0 Å². The summed E-state index contributed by atoms with van der Waals surface area (Å²) in [6.45, 7) is 7.03. The number of sulfonamides is 1. The maximum atomic E-state index is 13.2. The fourth-order valence-electron chi connectivity index (χ4n) is 3.94. The molecular formula is C24H33N3O5S. The van der Waals surface area contributed by atoms with Crippen LogP contribution in [0.1, 0.15) is 18.1 Å². The van der Waals surface area contributed by atoms with Gasteiger partial charge in [-0.05, 0) is 31.2 Å². The highest BCUT2D eigenvalue weighted by molar-refractivity contribution is 7.89. The molecular weight excluding hydrogens is 442 g/mol. The van der Waals surface area contributed by atoms with Crippen molar-refractivity contribution in [2.75, 3.05) is 53.5 Å². The van der Waals surface area contributed by atoms with E-state index < -0.39 is 10.0 Å². The van der Waals surface area contributed by atoms with Gasteiger partial charge in [0, 0.05) is 38.8 Å². The number of hydrogen-bond acceptors (Lipinski definition) is 6. The predicted octanol–water partition coefficient (Wildman–Crippen LogP) is 2.37. The lowest BCUT2D eigenvalue weighted by Gasteiger charge is -2.35. The van der Waals surface area contributed by atoms with E-state index in [2.05, 4.69) is 30.0 Å². The van der Waals surface area contributed by atoms with Crippen LogP contribution in [0, 0.1) is 6.92 Å². The molecule has 0 unspecified atom stereocenters. The number of hydrogen-bond donors (Lipinski definition) is 0. The molecule has 9 heteroatoms. The number of amides is 1. The molecule has 0 aromatic heterocycles. The van der Waals surface area contributed by atoms with Crippen molar-refractivity contribution >= 4 is 15.9 Å². The normalized spacial score (nSPS) is 15.0. The monoisotopic (exact) mass is 475 g/mol. The lowest BCUT2D eigenvalue weighted by molar-refractivity contribution is -0.133. The van der Waals surface area contributed by atoms with Gasteiger partial charge in [-0.1, -0.05) is 36.8 Å². The van der Waals surface area contributed by atoms with Crippen molar-refractivity contribution in [3.8, 4) is 11.5 Å². The van der Waals surface area contributed by atoms with Gasteiger partial charge in [0.15, 0.2) is 0 Å². The molecule has 1 aliphatic rings. The van der Waals surface area contributed by atoms with Gasteiger partial charge in [0.1, 0.15) is 16.4 Å². The summed E-state index contributed by atoms with van der Waals surface area (Å²) in [4.78, 5) is 16.8. The van der Waals surface area contributed by atoms with Gasteiger partial charge in [0.05, 0.1) is 20.8 Å². The maximum Gasteiger partial charge on any atom is 0.247 e. The van der Waals surface area contributed by atoms with Gasteiger partial charge in [-0.2, -0.15) is 4.31 Å². The summed E-state index contributed by atoms with van der Waals surface area (Å²) >= 11 is 0. The number of nitrogens with zero attached hydrogens (tertiary/aromatic N) is 3. The van der Waals surface area contributed by atoms with Gasteiger partial charge in [-0.15, -0.1) is 0 Å². The first-order chi connectivity index (χ1) is 15.8. The van der Waals surface area contributed by atoms with E-state index in [-0.39, 0.29) is 29.6 Å². The van der Waals surface area contributed by atoms with Crippen LogP contribution in [0.2, 0.25) is 0 Å². The number of piperazine rings is 1. The third-order valence-electron chi connectivity index (χ3n) is 5.87. The highest BCUT2D eigenvalue weighted by atomic mass is 32.2. The first-order valence-corrected chi connectivity index (χ1v) is 12.5. The molecule has 1 saturated heterocycles. The van der Waals surface area contributed by atoms with Crippen molar-refractivity contribution in [1.82, 2.24) is 14.1 Å². The van der Waals surface area contributed by atoms with Crippen molar-refractivity contribution in [2.24, 2.45) is 0 Å². The summed E-state index contributed by atoms with van der Waals surface area (Å²) in [5.74, 6) is 0.723. The average molecular weight is 476 g/mol. The topological polar surface area (TPSA) is 79.4 Å². The number of carbonyl (C=O) groups is 1. The second-order valence-corrected chi connectivity index (χ2v) is 10.0. The highest BCUT2D eigenvalue weighted by Crippen LogP contribution is 2.31.